The van der Waals surface area contributed by atoms with E-state index in [2.05, 4.69) is 15.6 Å². The molecule has 2 N–H and O–H groups in total. The van der Waals surface area contributed by atoms with E-state index in [-0.39, 0.29) is 16.8 Å². The number of carbonyl (C=O) groups is 1. The monoisotopic (exact) mass is 420 g/mol. The van der Waals surface area contributed by atoms with Crippen LogP contribution in [0.2, 0.25) is 0 Å². The van der Waals surface area contributed by atoms with Gasteiger partial charge in [-0.05, 0) is 35.9 Å². The van der Waals surface area contributed by atoms with E-state index in [0.29, 0.717) is 5.69 Å². The van der Waals surface area contributed by atoms with Crippen LogP contribution in [0.15, 0.2) is 65.7 Å². The Morgan fingerprint density at radius 1 is 1.10 bits per heavy atom. The number of nitrogens with one attached hydrogen (secondary N) is 2. The van der Waals surface area contributed by atoms with Crippen LogP contribution in [0.4, 0.5) is 28.0 Å². The molecule has 0 saturated carbocycles. The fourth-order valence-electron chi connectivity index (χ4n) is 2.75. The number of rotatable bonds is 4. The lowest BCUT2D eigenvalue weighted by molar-refractivity contribution is -0.137. The summed E-state index contributed by atoms with van der Waals surface area (Å²) in [5.41, 5.74) is -0.813. The number of aryl methyl sites for hydroxylation is 1. The predicted molar refractivity (Wildman–Crippen MR) is 101 cm³/mol. The topological polar surface area (TPSA) is 76.0 Å². The molecular weight excluding hydrogens is 404 g/mol. The molecule has 6 nitrogen and oxygen atoms in total. The van der Waals surface area contributed by atoms with Crippen molar-refractivity contribution in [3.8, 4) is 0 Å². The Labute approximate surface area is 168 Å². The number of benzene rings is 1. The Kier molecular flexibility index (Phi) is 5.86. The van der Waals surface area contributed by atoms with Gasteiger partial charge in [-0.1, -0.05) is 12.1 Å². The van der Waals surface area contributed by atoms with Crippen molar-refractivity contribution in [1.82, 2.24) is 14.9 Å². The maximum absolute atomic E-state index is 14.3. The second kappa shape index (κ2) is 8.36. The third kappa shape index (κ3) is 4.83. The Balaban J connectivity index is 1.90. The van der Waals surface area contributed by atoms with Crippen LogP contribution in [0.5, 0.6) is 0 Å². The number of alkyl halides is 3. The number of anilines is 1. The van der Waals surface area contributed by atoms with E-state index in [1.54, 1.807) is 0 Å². The Bertz CT molecular complexity index is 1110. The third-order valence-corrected chi connectivity index (χ3v) is 4.25. The highest BCUT2D eigenvalue weighted by molar-refractivity contribution is 5.89. The summed E-state index contributed by atoms with van der Waals surface area (Å²) in [7, 11) is 1.50. The van der Waals surface area contributed by atoms with Gasteiger partial charge < -0.3 is 15.2 Å². The molecule has 0 aliphatic rings. The summed E-state index contributed by atoms with van der Waals surface area (Å²) in [6.45, 7) is 0. The largest absolute Gasteiger partial charge is 0.416 e. The molecule has 3 aromatic rings. The Morgan fingerprint density at radius 3 is 2.40 bits per heavy atom. The van der Waals surface area contributed by atoms with Crippen LogP contribution in [0.3, 0.4) is 0 Å². The lowest BCUT2D eigenvalue weighted by atomic mass is 10.0. The van der Waals surface area contributed by atoms with Crippen LogP contribution in [0, 0.1) is 5.82 Å². The number of hydrogen-bond acceptors (Lipinski definition) is 3. The highest BCUT2D eigenvalue weighted by Gasteiger charge is 2.31. The van der Waals surface area contributed by atoms with Gasteiger partial charge >= 0.3 is 12.2 Å². The van der Waals surface area contributed by atoms with Gasteiger partial charge in [-0.25, -0.2) is 9.18 Å². The summed E-state index contributed by atoms with van der Waals surface area (Å²) in [6, 6.07) is 7.19. The number of halogens is 4. The van der Waals surface area contributed by atoms with Gasteiger partial charge in [0.1, 0.15) is 17.6 Å². The Morgan fingerprint density at radius 2 is 1.80 bits per heavy atom. The van der Waals surface area contributed by atoms with Crippen molar-refractivity contribution >= 4 is 11.7 Å². The molecule has 2 amide bonds. The molecule has 0 radical (unpaired) electrons. The van der Waals surface area contributed by atoms with Gasteiger partial charge in [0.2, 0.25) is 5.56 Å². The summed E-state index contributed by atoms with van der Waals surface area (Å²) in [6.07, 6.45) is -1.84. The van der Waals surface area contributed by atoms with E-state index < -0.39 is 29.6 Å². The van der Waals surface area contributed by atoms with E-state index in [1.807, 2.05) is 0 Å². The molecule has 3 rings (SSSR count). The molecule has 0 unspecified atom stereocenters. The standard InChI is InChI=1S/C20H16F4N4O2/c1-28-11-14(8-9-16(28)29)26-19(30)27-17(18-15(21)3-2-10-25-18)12-4-6-13(7-5-12)20(22,23)24/h2-11,17H,1H3,(H2,26,27,30)/t17-/m0/s1. The minimum atomic E-state index is -4.53. The summed E-state index contributed by atoms with van der Waals surface area (Å²) in [5, 5.41) is 5.01. The fraction of sp³-hybridized carbons (Fsp3) is 0.150. The van der Waals surface area contributed by atoms with Gasteiger partial charge in [-0.2, -0.15) is 13.2 Å². The number of hydrogen-bond donors (Lipinski definition) is 2. The minimum absolute atomic E-state index is 0.159. The first-order valence-electron chi connectivity index (χ1n) is 8.67. The fourth-order valence-corrected chi connectivity index (χ4v) is 2.75. The zero-order valence-corrected chi connectivity index (χ0v) is 15.6. The molecule has 0 aliphatic heterocycles. The summed E-state index contributed by atoms with van der Waals surface area (Å²) < 4.78 is 54.1. The van der Waals surface area contributed by atoms with Crippen molar-refractivity contribution in [3.05, 3.63) is 93.9 Å². The molecule has 30 heavy (non-hydrogen) atoms. The minimum Gasteiger partial charge on any atom is -0.325 e. The molecule has 0 fully saturated rings. The third-order valence-electron chi connectivity index (χ3n) is 4.25. The summed E-state index contributed by atoms with van der Waals surface area (Å²) in [5.74, 6) is -0.732. The van der Waals surface area contributed by atoms with Crippen LogP contribution < -0.4 is 16.2 Å². The molecule has 1 aromatic carbocycles. The van der Waals surface area contributed by atoms with E-state index in [1.165, 1.54) is 42.2 Å². The molecule has 0 bridgehead atoms. The molecule has 0 aliphatic carbocycles. The number of nitrogens with zero attached hydrogens (tertiary/aromatic N) is 2. The van der Waals surface area contributed by atoms with Gasteiger partial charge in [0.05, 0.1) is 11.3 Å². The summed E-state index contributed by atoms with van der Waals surface area (Å²) in [4.78, 5) is 27.8. The van der Waals surface area contributed by atoms with Crippen molar-refractivity contribution in [2.24, 2.45) is 7.05 Å². The average Bonchev–Trinajstić information content (AvgIpc) is 2.69. The quantitative estimate of drug-likeness (QED) is 0.630. The van der Waals surface area contributed by atoms with Crippen molar-refractivity contribution < 1.29 is 22.4 Å². The van der Waals surface area contributed by atoms with Crippen LogP contribution in [0.25, 0.3) is 0 Å². The maximum Gasteiger partial charge on any atom is 0.416 e. The van der Waals surface area contributed by atoms with Gasteiger partial charge in [0.25, 0.3) is 0 Å². The SMILES string of the molecule is Cn1cc(NC(=O)N[C@@H](c2ccc(C(F)(F)F)cc2)c2ncccc2F)ccc1=O. The highest BCUT2D eigenvalue weighted by Crippen LogP contribution is 2.31. The first-order chi connectivity index (χ1) is 14.1. The van der Waals surface area contributed by atoms with Crippen molar-refractivity contribution in [2.45, 2.75) is 12.2 Å². The second-order valence-electron chi connectivity index (χ2n) is 6.39. The highest BCUT2D eigenvalue weighted by atomic mass is 19.4. The van der Waals surface area contributed by atoms with Crippen LogP contribution in [-0.2, 0) is 13.2 Å². The lowest BCUT2D eigenvalue weighted by Gasteiger charge is -2.20. The molecule has 10 heteroatoms. The number of amides is 2. The van der Waals surface area contributed by atoms with Crippen LogP contribution in [0.1, 0.15) is 22.9 Å². The average molecular weight is 420 g/mol. The molecule has 1 atom stereocenters. The Hall–Kier alpha value is -3.69. The second-order valence-corrected chi connectivity index (χ2v) is 6.39. The predicted octanol–water partition coefficient (Wildman–Crippen LogP) is 3.85. The lowest BCUT2D eigenvalue weighted by Crippen LogP contribution is -2.34. The molecular formula is C20H16F4N4O2. The molecule has 0 saturated heterocycles. The van der Waals surface area contributed by atoms with E-state index in [0.717, 1.165) is 30.3 Å². The summed E-state index contributed by atoms with van der Waals surface area (Å²) >= 11 is 0. The number of pyridine rings is 2. The van der Waals surface area contributed by atoms with E-state index >= 15 is 0 Å². The maximum atomic E-state index is 14.3. The molecule has 2 heterocycles. The van der Waals surface area contributed by atoms with Crippen molar-refractivity contribution in [2.75, 3.05) is 5.32 Å². The molecule has 2 aromatic heterocycles. The van der Waals surface area contributed by atoms with Crippen molar-refractivity contribution in [1.29, 1.82) is 0 Å². The molecule has 0 spiro atoms. The zero-order chi connectivity index (χ0) is 21.9. The van der Waals surface area contributed by atoms with Gasteiger partial charge in [0, 0.05) is 25.5 Å². The van der Waals surface area contributed by atoms with Gasteiger partial charge in [-0.3, -0.25) is 9.78 Å². The number of carbonyl (C=O) groups excluding carboxylic acids is 1. The first-order valence-corrected chi connectivity index (χ1v) is 8.67. The van der Waals surface area contributed by atoms with E-state index in [9.17, 15) is 27.2 Å². The van der Waals surface area contributed by atoms with E-state index in [4.69, 9.17) is 0 Å². The van der Waals surface area contributed by atoms with Crippen molar-refractivity contribution in [3.63, 3.8) is 0 Å². The van der Waals surface area contributed by atoms with Crippen LogP contribution >= 0.6 is 0 Å². The number of aromatic nitrogens is 2. The number of urea groups is 1. The normalized spacial score (nSPS) is 12.3. The van der Waals surface area contributed by atoms with Gasteiger partial charge in [0.15, 0.2) is 0 Å². The first kappa shape index (κ1) is 21.0. The van der Waals surface area contributed by atoms with Crippen LogP contribution in [-0.4, -0.2) is 15.6 Å². The molecule has 156 valence electrons. The van der Waals surface area contributed by atoms with Gasteiger partial charge in [-0.15, -0.1) is 0 Å². The zero-order valence-electron chi connectivity index (χ0n) is 15.6. The smallest absolute Gasteiger partial charge is 0.325 e.